The molecule has 0 bridgehead atoms. The number of hydrogen-bond donors (Lipinski definition) is 1. The summed E-state index contributed by atoms with van der Waals surface area (Å²) >= 11 is 0. The number of aromatic nitrogens is 2. The fourth-order valence-electron chi connectivity index (χ4n) is 13.2. The third-order valence-electron chi connectivity index (χ3n) is 16.1. The molecule has 0 radical (unpaired) electrons. The Bertz CT molecular complexity index is 1820. The zero-order valence-corrected chi connectivity index (χ0v) is 37.3. The summed E-state index contributed by atoms with van der Waals surface area (Å²) in [5, 5.41) is 3.04. The molecule has 1 aromatic rings. The first-order valence-electron chi connectivity index (χ1n) is 21.8. The molecular weight excluding hydrogens is 715 g/mol. The third-order valence-corrected chi connectivity index (χ3v) is 16.1. The van der Waals surface area contributed by atoms with E-state index in [1.54, 1.807) is 38.4 Å². The lowest BCUT2D eigenvalue weighted by molar-refractivity contribution is -0.232. The number of nitrogens with zero attached hydrogens (tertiary/aromatic N) is 2. The van der Waals surface area contributed by atoms with Crippen LogP contribution in [0.2, 0.25) is 0 Å². The second-order valence-corrected chi connectivity index (χ2v) is 21.9. The molecule has 4 saturated carbocycles. The van der Waals surface area contributed by atoms with Crippen LogP contribution in [0, 0.1) is 56.2 Å². The van der Waals surface area contributed by atoms with Crippen molar-refractivity contribution in [1.82, 2.24) is 15.3 Å². The van der Waals surface area contributed by atoms with Gasteiger partial charge in [0.1, 0.15) is 17.5 Å². The van der Waals surface area contributed by atoms with Crippen molar-refractivity contribution in [3.05, 3.63) is 47.6 Å². The number of ether oxygens (including phenoxy) is 2. The molecule has 57 heavy (non-hydrogen) atoms. The number of ketones is 1. The number of hydrogen-bond acceptors (Lipinski definition) is 8. The molecule has 0 spiro atoms. The molecule has 1 N–H and O–H groups in total. The van der Waals surface area contributed by atoms with E-state index in [0.29, 0.717) is 24.1 Å². The summed E-state index contributed by atoms with van der Waals surface area (Å²) in [6.07, 6.45) is 15.2. The summed E-state index contributed by atoms with van der Waals surface area (Å²) in [5.74, 6) is 1.13. The highest BCUT2D eigenvalue weighted by molar-refractivity contribution is 6.01. The molecule has 1 amide bonds. The monoisotopic (exact) mass is 786 g/mol. The number of fused-ring (bicyclic) bond motifs is 7. The second-order valence-electron chi connectivity index (χ2n) is 21.9. The number of amides is 1. The van der Waals surface area contributed by atoms with Gasteiger partial charge in [-0.2, -0.15) is 0 Å². The molecule has 1 aromatic heterocycles. The Balaban J connectivity index is 1.23. The minimum atomic E-state index is -0.983. The molecular formula is C48H71N3O6. The first-order chi connectivity index (χ1) is 26.3. The zero-order valence-electron chi connectivity index (χ0n) is 37.3. The van der Waals surface area contributed by atoms with E-state index >= 15 is 0 Å². The van der Waals surface area contributed by atoms with Gasteiger partial charge in [-0.25, -0.2) is 9.97 Å². The largest absolute Gasteiger partial charge is 0.462 e. The van der Waals surface area contributed by atoms with Crippen LogP contribution in [0.25, 0.3) is 0 Å². The van der Waals surface area contributed by atoms with E-state index in [4.69, 9.17) is 9.47 Å². The van der Waals surface area contributed by atoms with Crippen molar-refractivity contribution in [1.29, 1.82) is 0 Å². The smallest absolute Gasteiger partial charge is 0.312 e. The van der Waals surface area contributed by atoms with Crippen molar-refractivity contribution in [2.75, 3.05) is 0 Å². The van der Waals surface area contributed by atoms with Gasteiger partial charge >= 0.3 is 11.9 Å². The van der Waals surface area contributed by atoms with Crippen molar-refractivity contribution >= 4 is 23.6 Å². The van der Waals surface area contributed by atoms with Gasteiger partial charge in [0.25, 0.3) is 0 Å². The average Bonchev–Trinajstić information content (AvgIpc) is 3.40. The Morgan fingerprint density at radius 3 is 2.18 bits per heavy atom. The minimum absolute atomic E-state index is 0.0105. The van der Waals surface area contributed by atoms with Crippen LogP contribution in [-0.4, -0.2) is 45.3 Å². The standard InChI is InChI=1S/C48H71N3O6/c1-29(2)38-32(52)27-48(22-19-36(53)51-30(3)40-49-25-14-26-50-40)24-23-46(12)31(39(38)48)15-16-34-45(11)20-18-35(44(9,10)33(45)17-21-47(34,46)13)56-37(54)28-43(7,8)41(55)57-42(4,5)6/h14,19,22,25-26,29-31,33-35H,15-18,20-21,23-24,27-28H2,1-13H3,(H,51,53)/t30-,31+,33-,34+,35-,45-,46+,47+,48-/m0/s1. The van der Waals surface area contributed by atoms with E-state index in [1.807, 2.05) is 27.7 Å². The van der Waals surface area contributed by atoms with Gasteiger partial charge < -0.3 is 14.8 Å². The lowest BCUT2D eigenvalue weighted by Crippen LogP contribution is -2.65. The molecule has 0 unspecified atom stereocenters. The van der Waals surface area contributed by atoms with E-state index in [-0.39, 0.29) is 75.7 Å². The number of esters is 2. The minimum Gasteiger partial charge on any atom is -0.462 e. The molecule has 5 aliphatic rings. The Kier molecular flexibility index (Phi) is 11.2. The van der Waals surface area contributed by atoms with Gasteiger partial charge in [0.15, 0.2) is 5.78 Å². The molecule has 5 aliphatic carbocycles. The van der Waals surface area contributed by atoms with Gasteiger partial charge in [0.05, 0.1) is 17.9 Å². The number of carbonyl (C=O) groups is 4. The highest BCUT2D eigenvalue weighted by Gasteiger charge is 2.70. The number of Topliss-reactive ketones (excluding diaryl/α,β-unsaturated/α-hetero) is 1. The van der Waals surface area contributed by atoms with Gasteiger partial charge in [0, 0.05) is 29.6 Å². The quantitative estimate of drug-likeness (QED) is 0.194. The predicted octanol–water partition coefficient (Wildman–Crippen LogP) is 9.86. The van der Waals surface area contributed by atoms with Crippen molar-refractivity contribution in [3.63, 3.8) is 0 Å². The molecule has 314 valence electrons. The first kappa shape index (κ1) is 43.2. The van der Waals surface area contributed by atoms with Crippen molar-refractivity contribution in [2.24, 2.45) is 56.2 Å². The lowest BCUT2D eigenvalue weighted by Gasteiger charge is -2.72. The molecule has 0 aliphatic heterocycles. The lowest BCUT2D eigenvalue weighted by atomic mass is 9.33. The maximum atomic E-state index is 14.1. The van der Waals surface area contributed by atoms with Crippen LogP contribution >= 0.6 is 0 Å². The van der Waals surface area contributed by atoms with E-state index in [9.17, 15) is 19.2 Å². The second kappa shape index (κ2) is 14.7. The van der Waals surface area contributed by atoms with Crippen LogP contribution in [0.1, 0.15) is 166 Å². The number of nitrogens with one attached hydrogen (secondary N) is 1. The summed E-state index contributed by atoms with van der Waals surface area (Å²) in [6.45, 7) is 27.5. The number of allylic oxidation sites excluding steroid dienone is 3. The van der Waals surface area contributed by atoms with Crippen LogP contribution in [-0.2, 0) is 28.7 Å². The van der Waals surface area contributed by atoms with Gasteiger partial charge in [-0.1, -0.05) is 54.5 Å². The fraction of sp³-hybridized carbons (Fsp3) is 0.750. The van der Waals surface area contributed by atoms with Gasteiger partial charge in [-0.15, -0.1) is 0 Å². The summed E-state index contributed by atoms with van der Waals surface area (Å²) < 4.78 is 12.0. The highest BCUT2D eigenvalue weighted by Crippen LogP contribution is 2.77. The van der Waals surface area contributed by atoms with E-state index in [1.165, 1.54) is 5.57 Å². The van der Waals surface area contributed by atoms with Crippen LogP contribution in [0.15, 0.2) is 41.8 Å². The Labute approximate surface area is 342 Å². The summed E-state index contributed by atoms with van der Waals surface area (Å²) in [6, 6.07) is 1.42. The Hall–Kier alpha value is -3.36. The first-order valence-corrected chi connectivity index (χ1v) is 21.8. The normalized spacial score (nSPS) is 35.5. The molecule has 9 heteroatoms. The van der Waals surface area contributed by atoms with Gasteiger partial charge in [0.2, 0.25) is 5.91 Å². The van der Waals surface area contributed by atoms with Crippen molar-refractivity contribution < 1.29 is 28.7 Å². The van der Waals surface area contributed by atoms with Crippen molar-refractivity contribution in [2.45, 2.75) is 172 Å². The Morgan fingerprint density at radius 1 is 0.877 bits per heavy atom. The molecule has 9 nitrogen and oxygen atoms in total. The fourth-order valence-corrected chi connectivity index (χ4v) is 13.2. The predicted molar refractivity (Wildman–Crippen MR) is 221 cm³/mol. The number of carbonyl (C=O) groups excluding carboxylic acids is 4. The molecule has 9 atom stereocenters. The molecule has 6 rings (SSSR count). The van der Waals surface area contributed by atoms with Crippen LogP contribution in [0.4, 0.5) is 0 Å². The van der Waals surface area contributed by atoms with E-state index in [0.717, 1.165) is 56.9 Å². The van der Waals surface area contributed by atoms with Gasteiger partial charge in [-0.05, 0) is 156 Å². The van der Waals surface area contributed by atoms with Crippen LogP contribution in [0.5, 0.6) is 0 Å². The molecule has 0 aromatic carbocycles. The molecule has 4 fully saturated rings. The SMILES string of the molecule is CC(C)C1=C2[C@H]3CC[C@@H]4[C@@]5(C)CC[C@H](OC(=O)CC(C)(C)C(=O)OC(C)(C)C)C(C)(C)[C@@H]5CC[C@@]4(C)[C@]3(C)CC[C@@]2(C=CC(=O)N[C@@H](C)c2ncccn2)CC1=O. The summed E-state index contributed by atoms with van der Waals surface area (Å²) in [4.78, 5) is 62.5. The maximum Gasteiger partial charge on any atom is 0.312 e. The van der Waals surface area contributed by atoms with Gasteiger partial charge in [-0.3, -0.25) is 19.2 Å². The zero-order chi connectivity index (χ0) is 42.1. The maximum absolute atomic E-state index is 14.1. The van der Waals surface area contributed by atoms with Crippen LogP contribution < -0.4 is 5.32 Å². The van der Waals surface area contributed by atoms with Crippen LogP contribution in [0.3, 0.4) is 0 Å². The van der Waals surface area contributed by atoms with Crippen molar-refractivity contribution in [3.8, 4) is 0 Å². The highest BCUT2D eigenvalue weighted by atomic mass is 16.6. The topological polar surface area (TPSA) is 125 Å². The average molecular weight is 786 g/mol. The Morgan fingerprint density at radius 2 is 1.54 bits per heavy atom. The van der Waals surface area contributed by atoms with E-state index < -0.39 is 16.4 Å². The molecule has 1 heterocycles. The summed E-state index contributed by atoms with van der Waals surface area (Å²) in [7, 11) is 0. The summed E-state index contributed by atoms with van der Waals surface area (Å²) in [5.41, 5.74) is 0.131. The van der Waals surface area contributed by atoms with E-state index in [2.05, 4.69) is 69.8 Å². The third kappa shape index (κ3) is 7.45. The molecule has 0 saturated heterocycles. The number of rotatable bonds is 9.